The second-order valence-electron chi connectivity index (χ2n) is 5.60. The van der Waals surface area contributed by atoms with Crippen molar-refractivity contribution >= 4 is 38.9 Å². The van der Waals surface area contributed by atoms with E-state index in [1.807, 2.05) is 12.1 Å². The molecule has 2 rings (SSSR count). The predicted octanol–water partition coefficient (Wildman–Crippen LogP) is 3.92. The van der Waals surface area contributed by atoms with Crippen molar-refractivity contribution in [3.63, 3.8) is 0 Å². The number of hydrogen-bond acceptors (Lipinski definition) is 2. The molecule has 21 heavy (non-hydrogen) atoms. The van der Waals surface area contributed by atoms with E-state index in [9.17, 15) is 0 Å². The number of benzene rings is 1. The van der Waals surface area contributed by atoms with Crippen molar-refractivity contribution in [3.05, 3.63) is 28.2 Å². The normalized spacial score (nSPS) is 15.7. The molecule has 1 fully saturated rings. The molecule has 0 radical (unpaired) electrons. The molecule has 1 heterocycles. The van der Waals surface area contributed by atoms with Gasteiger partial charge in [0.15, 0.2) is 5.11 Å². The lowest BCUT2D eigenvalue weighted by molar-refractivity contribution is 0.227. The Hall–Kier alpha value is -0.650. The van der Waals surface area contributed by atoms with Gasteiger partial charge in [0.1, 0.15) is 0 Å². The summed E-state index contributed by atoms with van der Waals surface area (Å²) < 4.78 is 1.12. The van der Waals surface area contributed by atoms with E-state index in [1.165, 1.54) is 44.5 Å². The van der Waals surface area contributed by atoms with Crippen LogP contribution in [0.2, 0.25) is 0 Å². The first-order chi connectivity index (χ1) is 10.1. The first kappa shape index (κ1) is 16.7. The van der Waals surface area contributed by atoms with Gasteiger partial charge >= 0.3 is 0 Å². The highest BCUT2D eigenvalue weighted by Gasteiger charge is 2.08. The largest absolute Gasteiger partial charge is 0.362 e. The fourth-order valence-electron chi connectivity index (χ4n) is 2.59. The lowest BCUT2D eigenvalue weighted by Crippen LogP contribution is -2.34. The molecule has 0 unspecified atom stereocenters. The van der Waals surface area contributed by atoms with Crippen molar-refractivity contribution in [1.82, 2.24) is 10.2 Å². The summed E-state index contributed by atoms with van der Waals surface area (Å²) in [6.07, 6.45) is 5.25. The van der Waals surface area contributed by atoms with Crippen molar-refractivity contribution in [2.75, 3.05) is 31.5 Å². The van der Waals surface area contributed by atoms with Crippen LogP contribution in [-0.4, -0.2) is 36.2 Å². The number of halogens is 1. The minimum atomic E-state index is 0.704. The molecule has 0 atom stereocenters. The minimum absolute atomic E-state index is 0.704. The molecule has 116 valence electrons. The molecule has 0 aromatic heterocycles. The standard InChI is InChI=1S/C16H24BrN3S/c1-13-12-14(6-7-15(13)17)19-16(21)18-8-5-11-20-9-3-2-4-10-20/h6-7,12H,2-5,8-11H2,1H3,(H2,18,19,21). The maximum atomic E-state index is 5.33. The fourth-order valence-corrected chi connectivity index (χ4v) is 3.05. The summed E-state index contributed by atoms with van der Waals surface area (Å²) in [4.78, 5) is 2.56. The van der Waals surface area contributed by atoms with E-state index in [-0.39, 0.29) is 0 Å². The molecule has 3 nitrogen and oxygen atoms in total. The average molecular weight is 370 g/mol. The van der Waals surface area contributed by atoms with Crippen molar-refractivity contribution in [3.8, 4) is 0 Å². The molecular formula is C16H24BrN3S. The van der Waals surface area contributed by atoms with Crippen molar-refractivity contribution < 1.29 is 0 Å². The Morgan fingerprint density at radius 1 is 1.29 bits per heavy atom. The first-order valence-corrected chi connectivity index (χ1v) is 8.88. The molecule has 0 saturated carbocycles. The number of thiocarbonyl (C=S) groups is 1. The second-order valence-corrected chi connectivity index (χ2v) is 6.86. The zero-order chi connectivity index (χ0) is 15.1. The molecule has 1 aliphatic heterocycles. The van der Waals surface area contributed by atoms with Crippen molar-refractivity contribution in [1.29, 1.82) is 0 Å². The van der Waals surface area contributed by atoms with Gasteiger partial charge < -0.3 is 15.5 Å². The summed E-state index contributed by atoms with van der Waals surface area (Å²) in [6, 6.07) is 6.15. The number of rotatable bonds is 5. The Balaban J connectivity index is 1.63. The van der Waals surface area contributed by atoms with Crippen LogP contribution in [0.1, 0.15) is 31.2 Å². The zero-order valence-corrected chi connectivity index (χ0v) is 15.0. The van der Waals surface area contributed by atoms with E-state index >= 15 is 0 Å². The number of aryl methyl sites for hydroxylation is 1. The molecule has 0 amide bonds. The Labute approximate surface area is 141 Å². The summed E-state index contributed by atoms with van der Waals surface area (Å²) in [5.74, 6) is 0. The van der Waals surface area contributed by atoms with Gasteiger partial charge in [-0.25, -0.2) is 0 Å². The van der Waals surface area contributed by atoms with Crippen LogP contribution in [0.15, 0.2) is 22.7 Å². The van der Waals surface area contributed by atoms with E-state index in [1.54, 1.807) is 0 Å². The smallest absolute Gasteiger partial charge is 0.170 e. The Bertz CT molecular complexity index is 473. The Kier molecular flexibility index (Phi) is 6.93. The minimum Gasteiger partial charge on any atom is -0.362 e. The van der Waals surface area contributed by atoms with E-state index < -0.39 is 0 Å². The summed E-state index contributed by atoms with van der Waals surface area (Å²) in [5, 5.41) is 7.23. The molecule has 1 aromatic rings. The van der Waals surface area contributed by atoms with Crippen molar-refractivity contribution in [2.45, 2.75) is 32.6 Å². The average Bonchev–Trinajstić information content (AvgIpc) is 2.49. The Morgan fingerprint density at radius 2 is 2.05 bits per heavy atom. The van der Waals surface area contributed by atoms with Crippen LogP contribution < -0.4 is 10.6 Å². The second kappa shape index (κ2) is 8.71. The van der Waals surface area contributed by atoms with E-state index in [2.05, 4.69) is 44.5 Å². The van der Waals surface area contributed by atoms with Crippen LogP contribution in [-0.2, 0) is 0 Å². The van der Waals surface area contributed by atoms with E-state index in [0.29, 0.717) is 5.11 Å². The highest BCUT2D eigenvalue weighted by molar-refractivity contribution is 9.10. The van der Waals surface area contributed by atoms with Gasteiger partial charge in [0.25, 0.3) is 0 Å². The molecule has 0 spiro atoms. The molecule has 0 bridgehead atoms. The summed E-state index contributed by atoms with van der Waals surface area (Å²) in [7, 11) is 0. The van der Waals surface area contributed by atoms with Crippen LogP contribution in [0.3, 0.4) is 0 Å². The molecule has 1 saturated heterocycles. The van der Waals surface area contributed by atoms with Crippen LogP contribution in [0.25, 0.3) is 0 Å². The third kappa shape index (κ3) is 5.93. The van der Waals surface area contributed by atoms with Crippen LogP contribution in [0, 0.1) is 6.92 Å². The lowest BCUT2D eigenvalue weighted by atomic mass is 10.1. The van der Waals surface area contributed by atoms with Gasteiger partial charge in [-0.1, -0.05) is 22.4 Å². The highest BCUT2D eigenvalue weighted by Crippen LogP contribution is 2.19. The highest BCUT2D eigenvalue weighted by atomic mass is 79.9. The van der Waals surface area contributed by atoms with Gasteiger partial charge in [0, 0.05) is 16.7 Å². The molecule has 5 heteroatoms. The van der Waals surface area contributed by atoms with Gasteiger partial charge in [0.2, 0.25) is 0 Å². The van der Waals surface area contributed by atoms with E-state index in [0.717, 1.165) is 23.1 Å². The number of nitrogens with one attached hydrogen (secondary N) is 2. The predicted molar refractivity (Wildman–Crippen MR) is 98.0 cm³/mol. The number of hydrogen-bond donors (Lipinski definition) is 2. The van der Waals surface area contributed by atoms with Gasteiger partial charge in [-0.2, -0.15) is 0 Å². The zero-order valence-electron chi connectivity index (χ0n) is 12.6. The van der Waals surface area contributed by atoms with Gasteiger partial charge in [-0.05, 0) is 81.8 Å². The maximum absolute atomic E-state index is 5.33. The van der Waals surface area contributed by atoms with Crippen LogP contribution in [0.4, 0.5) is 5.69 Å². The number of anilines is 1. The van der Waals surface area contributed by atoms with Gasteiger partial charge in [0.05, 0.1) is 0 Å². The lowest BCUT2D eigenvalue weighted by Gasteiger charge is -2.26. The number of piperidine rings is 1. The first-order valence-electron chi connectivity index (χ1n) is 7.68. The quantitative estimate of drug-likeness (QED) is 0.607. The van der Waals surface area contributed by atoms with E-state index in [4.69, 9.17) is 12.2 Å². The summed E-state index contributed by atoms with van der Waals surface area (Å²) in [5.41, 5.74) is 2.23. The number of nitrogens with zero attached hydrogens (tertiary/aromatic N) is 1. The van der Waals surface area contributed by atoms with Crippen LogP contribution in [0.5, 0.6) is 0 Å². The number of likely N-dealkylation sites (tertiary alicyclic amines) is 1. The maximum Gasteiger partial charge on any atom is 0.170 e. The third-order valence-electron chi connectivity index (χ3n) is 3.80. The van der Waals surface area contributed by atoms with Gasteiger partial charge in [-0.15, -0.1) is 0 Å². The fraction of sp³-hybridized carbons (Fsp3) is 0.562. The molecular weight excluding hydrogens is 346 g/mol. The molecule has 2 N–H and O–H groups in total. The van der Waals surface area contributed by atoms with Crippen molar-refractivity contribution in [2.24, 2.45) is 0 Å². The summed E-state index contributed by atoms with van der Waals surface area (Å²) >= 11 is 8.84. The molecule has 1 aliphatic rings. The Morgan fingerprint density at radius 3 is 2.76 bits per heavy atom. The monoisotopic (exact) mass is 369 g/mol. The molecule has 0 aliphatic carbocycles. The van der Waals surface area contributed by atoms with Crippen LogP contribution >= 0.6 is 28.1 Å². The SMILES string of the molecule is Cc1cc(NC(=S)NCCCN2CCCCC2)ccc1Br. The third-order valence-corrected chi connectivity index (χ3v) is 4.94. The van der Waals surface area contributed by atoms with Gasteiger partial charge in [-0.3, -0.25) is 0 Å². The summed E-state index contributed by atoms with van der Waals surface area (Å²) in [6.45, 7) is 6.71. The molecule has 1 aromatic carbocycles. The topological polar surface area (TPSA) is 27.3 Å².